The summed E-state index contributed by atoms with van der Waals surface area (Å²) in [6.45, 7) is 6.63. The van der Waals surface area contributed by atoms with Gasteiger partial charge in [-0.2, -0.15) is 0 Å². The number of amides is 2. The molecule has 2 atom stereocenters. The van der Waals surface area contributed by atoms with Gasteiger partial charge in [-0.05, 0) is 48.9 Å². The van der Waals surface area contributed by atoms with Gasteiger partial charge in [0, 0.05) is 11.4 Å². The highest BCUT2D eigenvalue weighted by molar-refractivity contribution is 7.10. The molecule has 6 heteroatoms. The maximum atomic E-state index is 12.9. The van der Waals surface area contributed by atoms with Crippen LogP contribution >= 0.6 is 11.3 Å². The highest BCUT2D eigenvalue weighted by atomic mass is 32.1. The first-order valence-electron chi connectivity index (χ1n) is 10.4. The van der Waals surface area contributed by atoms with E-state index in [2.05, 4.69) is 33.0 Å². The molecule has 2 unspecified atom stereocenters. The second kappa shape index (κ2) is 10.6. The van der Waals surface area contributed by atoms with Gasteiger partial charge >= 0.3 is 0 Å². The zero-order chi connectivity index (χ0) is 20.6. The van der Waals surface area contributed by atoms with Gasteiger partial charge in [0.2, 0.25) is 11.8 Å². The van der Waals surface area contributed by atoms with E-state index in [0.29, 0.717) is 6.54 Å². The van der Waals surface area contributed by atoms with Crippen molar-refractivity contribution in [2.75, 3.05) is 19.6 Å². The van der Waals surface area contributed by atoms with E-state index in [9.17, 15) is 9.59 Å². The molecule has 0 aliphatic carbocycles. The van der Waals surface area contributed by atoms with E-state index in [0.717, 1.165) is 18.7 Å². The molecule has 2 aromatic rings. The standard InChI is InChI=1S/C23H31N3O2S/c1-17(2)22(25-21(27)15-18-9-4-3-5-10-18)23(28)24-16-19(20-11-8-14-29-20)26-12-6-7-13-26/h3-5,8-11,14,17,19,22H,6-7,12-13,15-16H2,1-2H3,(H,24,28)(H,25,27). The molecular weight excluding hydrogens is 382 g/mol. The van der Waals surface area contributed by atoms with Gasteiger partial charge in [-0.25, -0.2) is 0 Å². The smallest absolute Gasteiger partial charge is 0.242 e. The lowest BCUT2D eigenvalue weighted by Crippen LogP contribution is -2.51. The van der Waals surface area contributed by atoms with Crippen molar-refractivity contribution in [2.24, 2.45) is 5.92 Å². The van der Waals surface area contributed by atoms with Crippen molar-refractivity contribution in [3.05, 3.63) is 58.3 Å². The van der Waals surface area contributed by atoms with Gasteiger partial charge in [0.1, 0.15) is 6.04 Å². The SMILES string of the molecule is CC(C)C(NC(=O)Cc1ccccc1)C(=O)NCC(c1cccs1)N1CCCC1. The summed E-state index contributed by atoms with van der Waals surface area (Å²) in [5.74, 6) is -0.219. The highest BCUT2D eigenvalue weighted by Gasteiger charge is 2.28. The molecular formula is C23H31N3O2S. The molecule has 2 N–H and O–H groups in total. The summed E-state index contributed by atoms with van der Waals surface area (Å²) >= 11 is 1.73. The summed E-state index contributed by atoms with van der Waals surface area (Å²) in [6, 6.07) is 13.5. The van der Waals surface area contributed by atoms with Crippen LogP contribution in [-0.2, 0) is 16.0 Å². The van der Waals surface area contributed by atoms with Crippen LogP contribution < -0.4 is 10.6 Å². The Morgan fingerprint density at radius 2 is 1.79 bits per heavy atom. The number of nitrogens with zero attached hydrogens (tertiary/aromatic N) is 1. The molecule has 29 heavy (non-hydrogen) atoms. The van der Waals surface area contributed by atoms with Gasteiger partial charge in [-0.15, -0.1) is 11.3 Å². The average molecular weight is 414 g/mol. The molecule has 1 saturated heterocycles. The first kappa shape index (κ1) is 21.5. The molecule has 0 spiro atoms. The molecule has 1 aromatic heterocycles. The summed E-state index contributed by atoms with van der Waals surface area (Å²) in [4.78, 5) is 29.1. The molecule has 5 nitrogen and oxygen atoms in total. The van der Waals surface area contributed by atoms with E-state index in [1.54, 1.807) is 11.3 Å². The fraction of sp³-hybridized carbons (Fsp3) is 0.478. The molecule has 1 aliphatic heterocycles. The zero-order valence-electron chi connectivity index (χ0n) is 17.3. The number of rotatable bonds is 9. The fourth-order valence-corrected chi connectivity index (χ4v) is 4.65. The molecule has 0 radical (unpaired) electrons. The lowest BCUT2D eigenvalue weighted by molar-refractivity contribution is -0.129. The lowest BCUT2D eigenvalue weighted by Gasteiger charge is -2.28. The van der Waals surface area contributed by atoms with Crippen molar-refractivity contribution < 1.29 is 9.59 Å². The Morgan fingerprint density at radius 1 is 1.07 bits per heavy atom. The van der Waals surface area contributed by atoms with Crippen molar-refractivity contribution in [1.82, 2.24) is 15.5 Å². The molecule has 0 saturated carbocycles. The molecule has 1 fully saturated rings. The third kappa shape index (κ3) is 6.15. The first-order valence-corrected chi connectivity index (χ1v) is 11.3. The van der Waals surface area contributed by atoms with Crippen LogP contribution in [0.25, 0.3) is 0 Å². The first-order chi connectivity index (χ1) is 14.0. The van der Waals surface area contributed by atoms with Crippen LogP contribution in [0, 0.1) is 5.92 Å². The van der Waals surface area contributed by atoms with E-state index >= 15 is 0 Å². The molecule has 2 heterocycles. The molecule has 2 amide bonds. The normalized spacial score (nSPS) is 16.5. The van der Waals surface area contributed by atoms with Crippen LogP contribution in [0.1, 0.15) is 43.2 Å². The number of likely N-dealkylation sites (tertiary alicyclic amines) is 1. The van der Waals surface area contributed by atoms with Crippen molar-refractivity contribution >= 4 is 23.2 Å². The molecule has 0 bridgehead atoms. The van der Waals surface area contributed by atoms with Crippen LogP contribution in [0.4, 0.5) is 0 Å². The Morgan fingerprint density at radius 3 is 2.41 bits per heavy atom. The topological polar surface area (TPSA) is 61.4 Å². The number of hydrogen-bond acceptors (Lipinski definition) is 4. The predicted octanol–water partition coefficient (Wildman–Crippen LogP) is 3.38. The van der Waals surface area contributed by atoms with Gasteiger partial charge in [-0.3, -0.25) is 14.5 Å². The summed E-state index contributed by atoms with van der Waals surface area (Å²) in [5, 5.41) is 8.12. The maximum absolute atomic E-state index is 12.9. The Bertz CT molecular complexity index is 771. The van der Waals surface area contributed by atoms with Crippen LogP contribution in [0.15, 0.2) is 47.8 Å². The molecule has 1 aromatic carbocycles. The minimum atomic E-state index is -0.534. The maximum Gasteiger partial charge on any atom is 0.242 e. The van der Waals surface area contributed by atoms with E-state index in [-0.39, 0.29) is 30.2 Å². The summed E-state index contributed by atoms with van der Waals surface area (Å²) < 4.78 is 0. The van der Waals surface area contributed by atoms with Crippen LogP contribution in [0.3, 0.4) is 0 Å². The van der Waals surface area contributed by atoms with E-state index in [1.807, 2.05) is 44.2 Å². The summed E-state index contributed by atoms with van der Waals surface area (Å²) in [7, 11) is 0. The number of carbonyl (C=O) groups excluding carboxylic acids is 2. The largest absolute Gasteiger partial charge is 0.352 e. The van der Waals surface area contributed by atoms with Crippen molar-refractivity contribution in [2.45, 2.75) is 45.2 Å². The Labute approximate surface area is 177 Å². The predicted molar refractivity (Wildman–Crippen MR) is 118 cm³/mol. The number of thiophene rings is 1. The van der Waals surface area contributed by atoms with Gasteiger partial charge in [0.15, 0.2) is 0 Å². The minimum absolute atomic E-state index is 0.0155. The quantitative estimate of drug-likeness (QED) is 0.662. The van der Waals surface area contributed by atoms with Crippen molar-refractivity contribution in [3.63, 3.8) is 0 Å². The van der Waals surface area contributed by atoms with E-state index in [1.165, 1.54) is 17.7 Å². The van der Waals surface area contributed by atoms with Crippen molar-refractivity contribution in [1.29, 1.82) is 0 Å². The Hall–Kier alpha value is -2.18. The van der Waals surface area contributed by atoms with Gasteiger partial charge in [0.05, 0.1) is 12.5 Å². The van der Waals surface area contributed by atoms with Crippen LogP contribution in [0.2, 0.25) is 0 Å². The number of nitrogens with one attached hydrogen (secondary N) is 2. The van der Waals surface area contributed by atoms with E-state index < -0.39 is 6.04 Å². The fourth-order valence-electron chi connectivity index (χ4n) is 3.79. The number of hydrogen-bond donors (Lipinski definition) is 2. The van der Waals surface area contributed by atoms with Crippen molar-refractivity contribution in [3.8, 4) is 0 Å². The van der Waals surface area contributed by atoms with Crippen LogP contribution in [-0.4, -0.2) is 42.4 Å². The molecule has 3 rings (SSSR count). The van der Waals surface area contributed by atoms with E-state index in [4.69, 9.17) is 0 Å². The summed E-state index contributed by atoms with van der Waals surface area (Å²) in [6.07, 6.45) is 2.70. The third-order valence-corrected chi connectivity index (χ3v) is 6.37. The Kier molecular flexibility index (Phi) is 7.83. The summed E-state index contributed by atoms with van der Waals surface area (Å²) in [5.41, 5.74) is 0.944. The second-order valence-corrected chi connectivity index (χ2v) is 8.95. The third-order valence-electron chi connectivity index (χ3n) is 5.40. The average Bonchev–Trinajstić information content (AvgIpc) is 3.41. The molecule has 156 valence electrons. The van der Waals surface area contributed by atoms with Gasteiger partial charge in [0.25, 0.3) is 0 Å². The highest BCUT2D eigenvalue weighted by Crippen LogP contribution is 2.27. The number of benzene rings is 1. The van der Waals surface area contributed by atoms with Crippen LogP contribution in [0.5, 0.6) is 0 Å². The lowest BCUT2D eigenvalue weighted by atomic mass is 10.0. The zero-order valence-corrected chi connectivity index (χ0v) is 18.1. The Balaban J connectivity index is 1.58. The second-order valence-electron chi connectivity index (χ2n) is 7.97. The van der Waals surface area contributed by atoms with Gasteiger partial charge in [-0.1, -0.05) is 50.2 Å². The molecule has 1 aliphatic rings. The monoisotopic (exact) mass is 413 g/mol. The minimum Gasteiger partial charge on any atom is -0.352 e. The van der Waals surface area contributed by atoms with Gasteiger partial charge < -0.3 is 10.6 Å². The number of carbonyl (C=O) groups is 2.